The Kier molecular flexibility index (Phi) is 5.49. The first-order valence-corrected chi connectivity index (χ1v) is 9.15. The first kappa shape index (κ1) is 19.0. The molecule has 0 spiro atoms. The Morgan fingerprint density at radius 3 is 2.37 bits per heavy atom. The molecule has 3 rings (SSSR count). The molecule has 1 heterocycles. The van der Waals surface area contributed by atoms with Crippen molar-refractivity contribution < 1.29 is 14.3 Å². The number of fused-ring (bicyclic) bond motifs is 1. The van der Waals surface area contributed by atoms with Crippen LogP contribution in [0.3, 0.4) is 0 Å². The van der Waals surface area contributed by atoms with Crippen molar-refractivity contribution in [2.75, 3.05) is 13.2 Å². The van der Waals surface area contributed by atoms with E-state index < -0.39 is 0 Å². The van der Waals surface area contributed by atoms with Crippen LogP contribution in [0.15, 0.2) is 47.6 Å². The monoisotopic (exact) mass is 366 g/mol. The van der Waals surface area contributed by atoms with E-state index in [1.165, 1.54) is 5.56 Å². The molecule has 5 heteroatoms. The molecule has 0 aliphatic carbocycles. The summed E-state index contributed by atoms with van der Waals surface area (Å²) in [6.07, 6.45) is 0.294. The summed E-state index contributed by atoms with van der Waals surface area (Å²) in [5.74, 6) is 1.30. The molecule has 2 aromatic carbocycles. The number of nitrogens with one attached hydrogen (secondary N) is 1. The van der Waals surface area contributed by atoms with Crippen molar-refractivity contribution in [3.05, 3.63) is 59.2 Å². The van der Waals surface area contributed by atoms with Crippen molar-refractivity contribution in [1.82, 2.24) is 5.43 Å². The third-order valence-corrected chi connectivity index (χ3v) is 4.49. The molecule has 1 aliphatic rings. The number of rotatable bonds is 4. The van der Waals surface area contributed by atoms with Crippen LogP contribution in [0.5, 0.6) is 11.5 Å². The average Bonchev–Trinajstić information content (AvgIpc) is 2.65. The summed E-state index contributed by atoms with van der Waals surface area (Å²) >= 11 is 0. The third-order valence-electron chi connectivity index (χ3n) is 4.49. The van der Waals surface area contributed by atoms with Gasteiger partial charge in [0.1, 0.15) is 13.2 Å². The number of ether oxygens (including phenoxy) is 2. The van der Waals surface area contributed by atoms with Crippen LogP contribution in [0.2, 0.25) is 0 Å². The summed E-state index contributed by atoms with van der Waals surface area (Å²) in [6, 6.07) is 13.8. The Hall–Kier alpha value is -2.82. The van der Waals surface area contributed by atoms with Crippen LogP contribution in [0.25, 0.3) is 0 Å². The maximum atomic E-state index is 12.2. The van der Waals surface area contributed by atoms with Gasteiger partial charge in [-0.25, -0.2) is 5.43 Å². The lowest BCUT2D eigenvalue weighted by Gasteiger charge is -2.19. The van der Waals surface area contributed by atoms with Gasteiger partial charge in [-0.15, -0.1) is 0 Å². The molecule has 0 aromatic heterocycles. The molecule has 0 bridgehead atoms. The van der Waals surface area contributed by atoms with Crippen molar-refractivity contribution >= 4 is 11.6 Å². The van der Waals surface area contributed by atoms with Crippen molar-refractivity contribution in [2.45, 2.75) is 39.5 Å². The van der Waals surface area contributed by atoms with E-state index in [0.29, 0.717) is 31.1 Å². The Morgan fingerprint density at radius 2 is 1.70 bits per heavy atom. The Bertz CT molecular complexity index is 849. The molecule has 2 aromatic rings. The van der Waals surface area contributed by atoms with E-state index in [4.69, 9.17) is 9.47 Å². The highest BCUT2D eigenvalue weighted by Crippen LogP contribution is 2.30. The van der Waals surface area contributed by atoms with Gasteiger partial charge in [0, 0.05) is 5.56 Å². The molecule has 5 nitrogen and oxygen atoms in total. The molecule has 1 N–H and O–H groups in total. The van der Waals surface area contributed by atoms with Crippen LogP contribution in [0.4, 0.5) is 0 Å². The molecule has 0 fully saturated rings. The normalized spacial score (nSPS) is 14.0. The van der Waals surface area contributed by atoms with E-state index in [0.717, 1.165) is 16.9 Å². The average molecular weight is 366 g/mol. The maximum absolute atomic E-state index is 12.2. The molecular weight excluding hydrogens is 340 g/mol. The number of hydrogen-bond acceptors (Lipinski definition) is 4. The SMILES string of the molecule is C/C(=N/NC(=O)Cc1ccc(C(C)(C)C)cc1)c1ccc2c(c1)OCCO2. The lowest BCUT2D eigenvalue weighted by atomic mass is 9.86. The number of carbonyl (C=O) groups is 1. The molecule has 0 saturated carbocycles. The summed E-state index contributed by atoms with van der Waals surface area (Å²) in [4.78, 5) is 12.2. The Morgan fingerprint density at radius 1 is 1.04 bits per heavy atom. The van der Waals surface area contributed by atoms with E-state index in [1.54, 1.807) is 0 Å². The minimum absolute atomic E-state index is 0.103. The second-order valence-electron chi connectivity index (χ2n) is 7.71. The second-order valence-corrected chi connectivity index (χ2v) is 7.71. The number of nitrogens with zero attached hydrogens (tertiary/aromatic N) is 1. The summed E-state index contributed by atoms with van der Waals surface area (Å²) in [6.45, 7) is 9.46. The molecule has 27 heavy (non-hydrogen) atoms. The van der Waals surface area contributed by atoms with E-state index in [-0.39, 0.29) is 11.3 Å². The number of amides is 1. The van der Waals surface area contributed by atoms with E-state index >= 15 is 0 Å². The van der Waals surface area contributed by atoms with Crippen LogP contribution in [0.1, 0.15) is 44.4 Å². The minimum atomic E-state index is -0.143. The van der Waals surface area contributed by atoms with Gasteiger partial charge >= 0.3 is 0 Å². The fourth-order valence-corrected chi connectivity index (χ4v) is 2.83. The first-order valence-electron chi connectivity index (χ1n) is 9.15. The van der Waals surface area contributed by atoms with Gasteiger partial charge in [-0.05, 0) is 41.7 Å². The highest BCUT2D eigenvalue weighted by Gasteiger charge is 2.14. The molecule has 0 radical (unpaired) electrons. The zero-order valence-corrected chi connectivity index (χ0v) is 16.3. The quantitative estimate of drug-likeness (QED) is 0.661. The van der Waals surface area contributed by atoms with Gasteiger partial charge < -0.3 is 9.47 Å². The van der Waals surface area contributed by atoms with Gasteiger partial charge in [0.2, 0.25) is 5.91 Å². The fourth-order valence-electron chi connectivity index (χ4n) is 2.83. The minimum Gasteiger partial charge on any atom is -0.486 e. The molecule has 1 aliphatic heterocycles. The highest BCUT2D eigenvalue weighted by atomic mass is 16.6. The van der Waals surface area contributed by atoms with E-state index in [2.05, 4.69) is 43.4 Å². The largest absolute Gasteiger partial charge is 0.486 e. The van der Waals surface area contributed by atoms with Gasteiger partial charge in [0.15, 0.2) is 11.5 Å². The summed E-state index contributed by atoms with van der Waals surface area (Å²) in [5.41, 5.74) is 6.54. The Balaban J connectivity index is 1.60. The third kappa shape index (κ3) is 4.88. The van der Waals surface area contributed by atoms with Crippen LogP contribution >= 0.6 is 0 Å². The van der Waals surface area contributed by atoms with Gasteiger partial charge in [-0.3, -0.25) is 4.79 Å². The molecule has 0 unspecified atom stereocenters. The number of benzene rings is 2. The van der Waals surface area contributed by atoms with Crippen molar-refractivity contribution in [2.24, 2.45) is 5.10 Å². The molecular formula is C22H26N2O3. The smallest absolute Gasteiger partial charge is 0.244 e. The lowest BCUT2D eigenvalue weighted by Crippen LogP contribution is -2.21. The molecule has 0 saturated heterocycles. The van der Waals surface area contributed by atoms with Crippen molar-refractivity contribution in [3.63, 3.8) is 0 Å². The highest BCUT2D eigenvalue weighted by molar-refractivity contribution is 5.99. The van der Waals surface area contributed by atoms with Gasteiger partial charge in [-0.1, -0.05) is 45.0 Å². The first-order chi connectivity index (χ1) is 12.8. The zero-order valence-electron chi connectivity index (χ0n) is 16.3. The van der Waals surface area contributed by atoms with E-state index in [9.17, 15) is 4.79 Å². The van der Waals surface area contributed by atoms with Crippen LogP contribution in [0, 0.1) is 0 Å². The van der Waals surface area contributed by atoms with Crippen molar-refractivity contribution in [1.29, 1.82) is 0 Å². The fraction of sp³-hybridized carbons (Fsp3) is 0.364. The van der Waals surface area contributed by atoms with Crippen molar-refractivity contribution in [3.8, 4) is 11.5 Å². The zero-order chi connectivity index (χ0) is 19.4. The van der Waals surface area contributed by atoms with Crippen LogP contribution < -0.4 is 14.9 Å². The second kappa shape index (κ2) is 7.82. The number of hydrogen-bond donors (Lipinski definition) is 1. The predicted molar refractivity (Wildman–Crippen MR) is 107 cm³/mol. The van der Waals surface area contributed by atoms with Gasteiger partial charge in [0.25, 0.3) is 0 Å². The molecule has 1 amide bonds. The standard InChI is InChI=1S/C22H26N2O3/c1-15(17-7-10-19-20(14-17)27-12-11-26-19)23-24-21(25)13-16-5-8-18(9-6-16)22(2,3)4/h5-10,14H,11-13H2,1-4H3,(H,24,25)/b23-15-. The predicted octanol–water partition coefficient (Wildman–Crippen LogP) is 3.84. The lowest BCUT2D eigenvalue weighted by molar-refractivity contribution is -0.120. The van der Waals surface area contributed by atoms with Crippen LogP contribution in [-0.2, 0) is 16.6 Å². The molecule has 142 valence electrons. The summed E-state index contributed by atoms with van der Waals surface area (Å²) < 4.78 is 11.1. The summed E-state index contributed by atoms with van der Waals surface area (Å²) in [5, 5.41) is 4.22. The van der Waals surface area contributed by atoms with Crippen LogP contribution in [-0.4, -0.2) is 24.8 Å². The summed E-state index contributed by atoms with van der Waals surface area (Å²) in [7, 11) is 0. The van der Waals surface area contributed by atoms with E-state index in [1.807, 2.05) is 37.3 Å². The topological polar surface area (TPSA) is 59.9 Å². The number of hydrazone groups is 1. The molecule has 0 atom stereocenters. The maximum Gasteiger partial charge on any atom is 0.244 e. The number of carbonyl (C=O) groups excluding carboxylic acids is 1. The van der Waals surface area contributed by atoms with Gasteiger partial charge in [0.05, 0.1) is 12.1 Å². The Labute approximate surface area is 160 Å². The van der Waals surface area contributed by atoms with Gasteiger partial charge in [-0.2, -0.15) is 5.10 Å².